The second kappa shape index (κ2) is 4.01. The number of carbonyl (C=O) groups is 1. The minimum Gasteiger partial charge on any atom is -0.276 e. The van der Waals surface area contributed by atoms with E-state index in [2.05, 4.69) is 4.98 Å². The Hall–Kier alpha value is -0.370. The Bertz CT molecular complexity index is 380. The molecule has 7 heteroatoms. The van der Waals surface area contributed by atoms with Crippen molar-refractivity contribution in [3.05, 3.63) is 27.1 Å². The van der Waals surface area contributed by atoms with Gasteiger partial charge in [-0.25, -0.2) is 4.98 Å². The van der Waals surface area contributed by atoms with Gasteiger partial charge in [0.25, 0.3) is 5.24 Å². The summed E-state index contributed by atoms with van der Waals surface area (Å²) >= 11 is 6.47. The first-order chi connectivity index (χ1) is 6.32. The van der Waals surface area contributed by atoms with Crippen LogP contribution >= 0.6 is 34.2 Å². The van der Waals surface area contributed by atoms with Crippen LogP contribution in [0.25, 0.3) is 0 Å². The first-order valence-electron chi connectivity index (χ1n) is 3.25. The molecule has 1 heterocycles. The van der Waals surface area contributed by atoms with Gasteiger partial charge in [0.15, 0.2) is 0 Å². The highest BCUT2D eigenvalue weighted by Crippen LogP contribution is 2.32. The van der Waals surface area contributed by atoms with Gasteiger partial charge in [-0.05, 0) is 40.3 Å². The van der Waals surface area contributed by atoms with Gasteiger partial charge >= 0.3 is 6.18 Å². The van der Waals surface area contributed by atoms with Crippen molar-refractivity contribution in [1.29, 1.82) is 0 Å². The van der Waals surface area contributed by atoms with Crippen molar-refractivity contribution in [1.82, 2.24) is 4.98 Å². The number of rotatable bonds is 1. The molecule has 1 rings (SSSR count). The number of carbonyl (C=O) groups excluding carboxylic acids is 1. The summed E-state index contributed by atoms with van der Waals surface area (Å²) in [5.74, 6) is 0. The smallest absolute Gasteiger partial charge is 0.276 e. The molecule has 0 N–H and O–H groups in total. The normalized spacial score (nSPS) is 11.5. The highest BCUT2D eigenvalue weighted by Gasteiger charge is 2.34. The van der Waals surface area contributed by atoms with Crippen molar-refractivity contribution in [3.8, 4) is 0 Å². The lowest BCUT2D eigenvalue weighted by molar-refractivity contribution is -0.138. The maximum atomic E-state index is 12.3. The fourth-order valence-electron chi connectivity index (χ4n) is 0.754. The van der Waals surface area contributed by atoms with Gasteiger partial charge in [-0.2, -0.15) is 13.2 Å². The summed E-state index contributed by atoms with van der Waals surface area (Å²) in [7, 11) is 0. The summed E-state index contributed by atoms with van der Waals surface area (Å²) < 4.78 is 36.7. The molecule has 0 radical (unpaired) electrons. The summed E-state index contributed by atoms with van der Waals surface area (Å²) in [6.07, 6.45) is -3.52. The van der Waals surface area contributed by atoms with Crippen LogP contribution in [-0.4, -0.2) is 10.2 Å². The van der Waals surface area contributed by atoms with E-state index in [1.54, 1.807) is 0 Å². The van der Waals surface area contributed by atoms with Gasteiger partial charge in [0.2, 0.25) is 0 Å². The third-order valence-corrected chi connectivity index (χ3v) is 2.45. The molecule has 0 spiro atoms. The summed E-state index contributed by atoms with van der Waals surface area (Å²) in [4.78, 5) is 14.0. The van der Waals surface area contributed by atoms with Gasteiger partial charge < -0.3 is 0 Å². The van der Waals surface area contributed by atoms with Crippen molar-refractivity contribution in [2.24, 2.45) is 0 Å². The summed E-state index contributed by atoms with van der Waals surface area (Å²) in [6.45, 7) is 0. The van der Waals surface area contributed by atoms with Gasteiger partial charge in [-0.3, -0.25) is 4.79 Å². The zero-order valence-electron chi connectivity index (χ0n) is 6.40. The lowest BCUT2D eigenvalue weighted by Crippen LogP contribution is -2.10. The average molecular weight is 335 g/mol. The molecular formula is C7H2ClF3INO. The van der Waals surface area contributed by atoms with E-state index in [0.717, 1.165) is 6.20 Å². The first-order valence-corrected chi connectivity index (χ1v) is 4.70. The summed E-state index contributed by atoms with van der Waals surface area (Å²) in [5, 5.41) is -0.959. The lowest BCUT2D eigenvalue weighted by atomic mass is 10.2. The third kappa shape index (κ3) is 2.57. The van der Waals surface area contributed by atoms with Crippen LogP contribution in [0.4, 0.5) is 13.2 Å². The minimum absolute atomic E-state index is 0.211. The number of hydrogen-bond donors (Lipinski definition) is 0. The molecule has 1 aromatic rings. The molecule has 2 nitrogen and oxygen atoms in total. The van der Waals surface area contributed by atoms with Gasteiger partial charge in [-0.15, -0.1) is 0 Å². The number of halogens is 5. The highest BCUT2D eigenvalue weighted by molar-refractivity contribution is 14.1. The second-order valence-electron chi connectivity index (χ2n) is 2.33. The number of pyridine rings is 1. The van der Waals surface area contributed by atoms with E-state index in [-0.39, 0.29) is 9.26 Å². The molecule has 0 atom stereocenters. The standard InChI is InChI=1S/C7H2ClF3INO/c8-5(14)3-1-4(7(9,10)11)6(12)13-2-3/h1-2H. The van der Waals surface area contributed by atoms with E-state index in [1.165, 1.54) is 22.6 Å². The molecule has 0 aliphatic carbocycles. The molecule has 0 saturated carbocycles. The van der Waals surface area contributed by atoms with Crippen molar-refractivity contribution < 1.29 is 18.0 Å². The fourth-order valence-corrected chi connectivity index (χ4v) is 1.46. The van der Waals surface area contributed by atoms with Gasteiger partial charge in [0, 0.05) is 6.20 Å². The molecule has 0 unspecified atom stereocenters. The SMILES string of the molecule is O=C(Cl)c1cnc(I)c(C(F)(F)F)c1. The molecule has 0 aliphatic rings. The van der Waals surface area contributed by atoms with E-state index in [1.807, 2.05) is 0 Å². The topological polar surface area (TPSA) is 30.0 Å². The Morgan fingerprint density at radius 3 is 2.50 bits per heavy atom. The van der Waals surface area contributed by atoms with Crippen molar-refractivity contribution in [3.63, 3.8) is 0 Å². The van der Waals surface area contributed by atoms with Gasteiger partial charge in [0.05, 0.1) is 11.1 Å². The predicted octanol–water partition coefficient (Wildman–Crippen LogP) is 3.08. The fraction of sp³-hybridized carbons (Fsp3) is 0.143. The van der Waals surface area contributed by atoms with E-state index >= 15 is 0 Å². The van der Waals surface area contributed by atoms with Gasteiger partial charge in [0.1, 0.15) is 3.70 Å². The van der Waals surface area contributed by atoms with Crippen LogP contribution in [0.15, 0.2) is 12.3 Å². The maximum Gasteiger partial charge on any atom is 0.418 e. The Morgan fingerprint density at radius 2 is 2.07 bits per heavy atom. The minimum atomic E-state index is -4.52. The third-order valence-electron chi connectivity index (χ3n) is 1.37. The zero-order valence-corrected chi connectivity index (χ0v) is 9.31. The molecule has 0 fully saturated rings. The highest BCUT2D eigenvalue weighted by atomic mass is 127. The van der Waals surface area contributed by atoms with Crippen LogP contribution < -0.4 is 0 Å². The average Bonchev–Trinajstić information content (AvgIpc) is 2.02. The lowest BCUT2D eigenvalue weighted by Gasteiger charge is -2.08. The molecule has 0 saturated heterocycles. The molecule has 0 bridgehead atoms. The van der Waals surface area contributed by atoms with Crippen LogP contribution in [-0.2, 0) is 6.18 Å². The van der Waals surface area contributed by atoms with Crippen LogP contribution in [0.3, 0.4) is 0 Å². The number of nitrogens with zero attached hydrogens (tertiary/aromatic N) is 1. The quantitative estimate of drug-likeness (QED) is 0.448. The summed E-state index contributed by atoms with van der Waals surface area (Å²) in [5.41, 5.74) is -1.22. The molecule has 0 amide bonds. The summed E-state index contributed by atoms with van der Waals surface area (Å²) in [6, 6.07) is 0.685. The van der Waals surface area contributed by atoms with E-state index in [0.29, 0.717) is 6.07 Å². The van der Waals surface area contributed by atoms with Crippen molar-refractivity contribution in [2.45, 2.75) is 6.18 Å². The van der Waals surface area contributed by atoms with Crippen LogP contribution in [0.2, 0.25) is 0 Å². The number of aromatic nitrogens is 1. The maximum absolute atomic E-state index is 12.3. The van der Waals surface area contributed by atoms with E-state index in [9.17, 15) is 18.0 Å². The number of alkyl halides is 3. The number of hydrogen-bond acceptors (Lipinski definition) is 2. The van der Waals surface area contributed by atoms with Crippen LogP contribution in [0.5, 0.6) is 0 Å². The monoisotopic (exact) mass is 335 g/mol. The zero-order chi connectivity index (χ0) is 10.9. The van der Waals surface area contributed by atoms with Crippen molar-refractivity contribution >= 4 is 39.4 Å². The Labute approximate surface area is 95.6 Å². The van der Waals surface area contributed by atoms with Crippen molar-refractivity contribution in [2.75, 3.05) is 0 Å². The second-order valence-corrected chi connectivity index (χ2v) is 3.70. The largest absolute Gasteiger partial charge is 0.418 e. The van der Waals surface area contributed by atoms with E-state index < -0.39 is 17.0 Å². The molecule has 0 aliphatic heterocycles. The van der Waals surface area contributed by atoms with Crippen LogP contribution in [0.1, 0.15) is 15.9 Å². The Balaban J connectivity index is 3.29. The van der Waals surface area contributed by atoms with Gasteiger partial charge in [-0.1, -0.05) is 0 Å². The first kappa shape index (κ1) is 11.7. The molecule has 1 aromatic heterocycles. The van der Waals surface area contributed by atoms with E-state index in [4.69, 9.17) is 11.6 Å². The molecule has 0 aromatic carbocycles. The Morgan fingerprint density at radius 1 is 1.50 bits per heavy atom. The molecule has 14 heavy (non-hydrogen) atoms. The predicted molar refractivity (Wildman–Crippen MR) is 52.1 cm³/mol. The molecule has 76 valence electrons. The molecular weight excluding hydrogens is 333 g/mol. The Kier molecular flexibility index (Phi) is 3.36. The van der Waals surface area contributed by atoms with Crippen LogP contribution in [0, 0.1) is 3.70 Å².